The Bertz CT molecular complexity index is 1070. The lowest BCUT2D eigenvalue weighted by Crippen LogP contribution is -2.27. The van der Waals surface area contributed by atoms with E-state index < -0.39 is 0 Å². The molecule has 0 bridgehead atoms. The minimum atomic E-state index is -0.205. The summed E-state index contributed by atoms with van der Waals surface area (Å²) in [6.07, 6.45) is 5.38. The molecule has 1 atom stereocenters. The van der Waals surface area contributed by atoms with Crippen molar-refractivity contribution in [2.45, 2.75) is 19.9 Å². The average Bonchev–Trinajstić information content (AvgIpc) is 3.38. The van der Waals surface area contributed by atoms with Gasteiger partial charge in [0.05, 0.1) is 12.4 Å². The maximum Gasteiger partial charge on any atom is 0.257 e. The van der Waals surface area contributed by atoms with Gasteiger partial charge in [0, 0.05) is 23.6 Å². The Labute approximate surface area is 162 Å². The van der Waals surface area contributed by atoms with Gasteiger partial charge >= 0.3 is 0 Å². The molecule has 2 heterocycles. The maximum absolute atomic E-state index is 12.9. The van der Waals surface area contributed by atoms with Gasteiger partial charge in [0.1, 0.15) is 17.0 Å². The topological polar surface area (TPSA) is 73.0 Å². The van der Waals surface area contributed by atoms with Crippen molar-refractivity contribution in [1.29, 1.82) is 0 Å². The lowest BCUT2D eigenvalue weighted by Gasteiger charge is -2.15. The first-order valence-corrected chi connectivity index (χ1v) is 9.04. The molecule has 1 N–H and O–H groups in total. The molecule has 0 aliphatic heterocycles. The average molecular weight is 372 g/mol. The van der Waals surface area contributed by atoms with Gasteiger partial charge in [0.2, 0.25) is 0 Å². The van der Waals surface area contributed by atoms with Crippen molar-refractivity contribution in [2.75, 3.05) is 0 Å². The molecule has 0 aliphatic carbocycles. The summed E-state index contributed by atoms with van der Waals surface area (Å²) >= 11 is 0. The van der Waals surface area contributed by atoms with E-state index in [-0.39, 0.29) is 11.9 Å². The van der Waals surface area contributed by atoms with Gasteiger partial charge in [-0.05, 0) is 31.5 Å². The summed E-state index contributed by atoms with van der Waals surface area (Å²) in [5, 5.41) is 7.13. The largest absolute Gasteiger partial charge is 0.360 e. The second-order valence-electron chi connectivity index (χ2n) is 6.59. The number of aromatic nitrogens is 3. The molecular formula is C22H20N4O2. The van der Waals surface area contributed by atoms with Crippen LogP contribution >= 0.6 is 0 Å². The number of rotatable bonds is 5. The Hall–Kier alpha value is -3.67. The van der Waals surface area contributed by atoms with Crippen LogP contribution in [0, 0.1) is 6.92 Å². The molecule has 28 heavy (non-hydrogen) atoms. The zero-order valence-electron chi connectivity index (χ0n) is 15.7. The summed E-state index contributed by atoms with van der Waals surface area (Å²) in [4.78, 5) is 17.0. The first-order valence-electron chi connectivity index (χ1n) is 9.04. The molecule has 0 aliphatic rings. The van der Waals surface area contributed by atoms with Crippen molar-refractivity contribution in [2.24, 2.45) is 0 Å². The highest BCUT2D eigenvalue weighted by molar-refractivity contribution is 6.00. The molecule has 0 saturated heterocycles. The molecule has 0 unspecified atom stereocenters. The Kier molecular flexibility index (Phi) is 4.76. The number of benzene rings is 2. The Balaban J connectivity index is 1.53. The smallest absolute Gasteiger partial charge is 0.257 e. The Morgan fingerprint density at radius 3 is 2.54 bits per heavy atom. The van der Waals surface area contributed by atoms with E-state index in [0.29, 0.717) is 17.0 Å². The Morgan fingerprint density at radius 1 is 1.11 bits per heavy atom. The zero-order valence-corrected chi connectivity index (χ0v) is 15.7. The van der Waals surface area contributed by atoms with E-state index in [1.165, 1.54) is 0 Å². The molecule has 1 amide bonds. The van der Waals surface area contributed by atoms with Crippen LogP contribution in [0.1, 0.15) is 34.6 Å². The van der Waals surface area contributed by atoms with Crippen molar-refractivity contribution < 1.29 is 9.32 Å². The fourth-order valence-electron chi connectivity index (χ4n) is 3.13. The van der Waals surface area contributed by atoms with Gasteiger partial charge in [-0.15, -0.1) is 0 Å². The summed E-state index contributed by atoms with van der Waals surface area (Å²) in [5.41, 5.74) is 3.89. The number of nitrogens with zero attached hydrogens (tertiary/aromatic N) is 3. The predicted octanol–water partition coefficient (Wildman–Crippen LogP) is 4.33. The number of hydrogen-bond donors (Lipinski definition) is 1. The summed E-state index contributed by atoms with van der Waals surface area (Å²) in [5.74, 6) is 0.294. The van der Waals surface area contributed by atoms with Gasteiger partial charge in [-0.25, -0.2) is 4.98 Å². The third-order valence-electron chi connectivity index (χ3n) is 4.68. The molecule has 0 fully saturated rings. The quantitative estimate of drug-likeness (QED) is 0.566. The van der Waals surface area contributed by atoms with Crippen LogP contribution in [-0.2, 0) is 0 Å². The van der Waals surface area contributed by atoms with Gasteiger partial charge in [0.15, 0.2) is 0 Å². The fourth-order valence-corrected chi connectivity index (χ4v) is 3.13. The van der Waals surface area contributed by atoms with Crippen molar-refractivity contribution in [3.05, 3.63) is 90.2 Å². The first kappa shape index (κ1) is 17.7. The highest BCUT2D eigenvalue weighted by Crippen LogP contribution is 2.26. The second-order valence-corrected chi connectivity index (χ2v) is 6.59. The summed E-state index contributed by atoms with van der Waals surface area (Å²) in [7, 11) is 0. The number of hydrogen-bond acceptors (Lipinski definition) is 4. The molecule has 6 nitrogen and oxygen atoms in total. The minimum Gasteiger partial charge on any atom is -0.360 e. The van der Waals surface area contributed by atoms with Gasteiger partial charge in [-0.3, -0.25) is 4.79 Å². The zero-order chi connectivity index (χ0) is 19.5. The van der Waals surface area contributed by atoms with Gasteiger partial charge in [0.25, 0.3) is 5.91 Å². The Morgan fingerprint density at radius 2 is 1.86 bits per heavy atom. The van der Waals surface area contributed by atoms with Crippen LogP contribution in [0.5, 0.6) is 0 Å². The highest BCUT2D eigenvalue weighted by atomic mass is 16.5. The van der Waals surface area contributed by atoms with Crippen LogP contribution in [-0.4, -0.2) is 20.6 Å². The van der Waals surface area contributed by atoms with Crippen LogP contribution in [0.4, 0.5) is 0 Å². The third-order valence-corrected chi connectivity index (χ3v) is 4.68. The lowest BCUT2D eigenvalue weighted by atomic mass is 10.0. The SMILES string of the molecule is Cc1onc(-c2ccccc2)c1C(=O)N[C@@H](C)c1ccc(-n2ccnc2)cc1. The predicted molar refractivity (Wildman–Crippen MR) is 106 cm³/mol. The van der Waals surface area contributed by atoms with Crippen molar-refractivity contribution in [1.82, 2.24) is 20.0 Å². The minimum absolute atomic E-state index is 0.165. The van der Waals surface area contributed by atoms with Crippen LogP contribution in [0.25, 0.3) is 16.9 Å². The van der Waals surface area contributed by atoms with Crippen LogP contribution in [0.2, 0.25) is 0 Å². The molecule has 0 radical (unpaired) electrons. The summed E-state index contributed by atoms with van der Waals surface area (Å²) < 4.78 is 7.23. The maximum atomic E-state index is 12.9. The van der Waals surface area contributed by atoms with Gasteiger partial charge < -0.3 is 14.4 Å². The normalized spacial score (nSPS) is 11.9. The van der Waals surface area contributed by atoms with Crippen LogP contribution < -0.4 is 5.32 Å². The van der Waals surface area contributed by atoms with E-state index in [0.717, 1.165) is 16.8 Å². The molecule has 4 rings (SSSR count). The number of carbonyl (C=O) groups excluding carboxylic acids is 1. The van der Waals surface area contributed by atoms with Crippen molar-refractivity contribution in [3.63, 3.8) is 0 Å². The number of aryl methyl sites for hydroxylation is 1. The first-order chi connectivity index (χ1) is 13.6. The lowest BCUT2D eigenvalue weighted by molar-refractivity contribution is 0.0939. The molecule has 0 saturated carbocycles. The summed E-state index contributed by atoms with van der Waals surface area (Å²) in [6, 6.07) is 17.4. The van der Waals surface area contributed by atoms with E-state index >= 15 is 0 Å². The second kappa shape index (κ2) is 7.52. The van der Waals surface area contributed by atoms with Crippen LogP contribution in [0.3, 0.4) is 0 Å². The van der Waals surface area contributed by atoms with Crippen molar-refractivity contribution >= 4 is 5.91 Å². The number of amides is 1. The summed E-state index contributed by atoms with van der Waals surface area (Å²) in [6.45, 7) is 3.70. The number of carbonyl (C=O) groups is 1. The van der Waals surface area contributed by atoms with E-state index in [1.807, 2.05) is 72.3 Å². The molecule has 4 aromatic rings. The molecule has 2 aromatic heterocycles. The molecule has 140 valence electrons. The number of nitrogens with one attached hydrogen (secondary N) is 1. The monoisotopic (exact) mass is 372 g/mol. The van der Waals surface area contributed by atoms with Crippen LogP contribution in [0.15, 0.2) is 77.8 Å². The van der Waals surface area contributed by atoms with Crippen molar-refractivity contribution in [3.8, 4) is 16.9 Å². The van der Waals surface area contributed by atoms with Gasteiger partial charge in [-0.1, -0.05) is 47.6 Å². The standard InChI is InChI=1S/C22H20N4O2/c1-15(17-8-10-19(11-9-17)26-13-12-23-14-26)24-22(27)20-16(2)28-25-21(20)18-6-4-3-5-7-18/h3-15H,1-2H3,(H,24,27)/t15-/m0/s1. The third kappa shape index (κ3) is 3.44. The molecular weight excluding hydrogens is 352 g/mol. The van der Waals surface area contributed by atoms with E-state index in [1.54, 1.807) is 19.4 Å². The highest BCUT2D eigenvalue weighted by Gasteiger charge is 2.23. The molecule has 6 heteroatoms. The van der Waals surface area contributed by atoms with E-state index in [4.69, 9.17) is 4.52 Å². The molecule has 2 aromatic carbocycles. The number of imidazole rings is 1. The van der Waals surface area contributed by atoms with E-state index in [2.05, 4.69) is 15.5 Å². The molecule has 0 spiro atoms. The fraction of sp³-hybridized carbons (Fsp3) is 0.136. The van der Waals surface area contributed by atoms with Gasteiger partial charge in [-0.2, -0.15) is 0 Å². The van der Waals surface area contributed by atoms with E-state index in [9.17, 15) is 4.79 Å².